The van der Waals surface area contributed by atoms with E-state index in [-0.39, 0.29) is 17.3 Å². The normalized spacial score (nSPS) is 24.6. The van der Waals surface area contributed by atoms with Crippen LogP contribution in [0, 0.1) is 10.1 Å². The van der Waals surface area contributed by atoms with Gasteiger partial charge in [0.1, 0.15) is 6.04 Å². The number of nitro groups is 1. The molecule has 1 aromatic carbocycles. The molecule has 1 amide bonds. The molecular formula is C13H15N3O3. The molecule has 1 heterocycles. The first-order chi connectivity index (χ1) is 9.10. The van der Waals surface area contributed by atoms with E-state index in [2.05, 4.69) is 10.6 Å². The van der Waals surface area contributed by atoms with E-state index in [4.69, 9.17) is 0 Å². The van der Waals surface area contributed by atoms with Crippen LogP contribution in [0.1, 0.15) is 37.3 Å². The first kappa shape index (κ1) is 12.1. The fourth-order valence-corrected chi connectivity index (χ4v) is 2.99. The van der Waals surface area contributed by atoms with Crippen molar-refractivity contribution in [3.8, 4) is 0 Å². The van der Waals surface area contributed by atoms with Crippen molar-refractivity contribution in [1.29, 1.82) is 0 Å². The predicted molar refractivity (Wildman–Crippen MR) is 68.3 cm³/mol. The van der Waals surface area contributed by atoms with Gasteiger partial charge >= 0.3 is 0 Å². The molecule has 0 radical (unpaired) electrons. The Kier molecular flexibility index (Phi) is 2.74. The largest absolute Gasteiger partial charge is 0.336 e. The molecule has 1 aliphatic carbocycles. The van der Waals surface area contributed by atoms with Gasteiger partial charge in [-0.3, -0.25) is 20.2 Å². The third kappa shape index (κ3) is 2.08. The zero-order chi connectivity index (χ0) is 13.5. The number of carbonyl (C=O) groups excluding carboxylic acids is 1. The lowest BCUT2D eigenvalue weighted by Crippen LogP contribution is -2.46. The summed E-state index contributed by atoms with van der Waals surface area (Å²) < 4.78 is 0. The average Bonchev–Trinajstić information content (AvgIpc) is 2.97. The molecule has 1 aliphatic heterocycles. The second-order valence-corrected chi connectivity index (χ2v) is 5.21. The van der Waals surface area contributed by atoms with Gasteiger partial charge in [-0.1, -0.05) is 12.1 Å². The Bertz CT molecular complexity index is 538. The number of rotatable bonds is 2. The molecule has 19 heavy (non-hydrogen) atoms. The van der Waals surface area contributed by atoms with E-state index in [1.165, 1.54) is 12.1 Å². The number of hydrogen-bond donors (Lipinski definition) is 2. The van der Waals surface area contributed by atoms with Crippen LogP contribution in [0.3, 0.4) is 0 Å². The number of hydrogen-bond acceptors (Lipinski definition) is 4. The molecule has 1 saturated heterocycles. The van der Waals surface area contributed by atoms with Crippen molar-refractivity contribution in [3.05, 3.63) is 39.9 Å². The van der Waals surface area contributed by atoms with Crippen molar-refractivity contribution < 1.29 is 9.72 Å². The first-order valence-corrected chi connectivity index (χ1v) is 6.44. The van der Waals surface area contributed by atoms with Crippen molar-refractivity contribution in [2.75, 3.05) is 0 Å². The molecule has 1 unspecified atom stereocenters. The van der Waals surface area contributed by atoms with Gasteiger partial charge in [0.2, 0.25) is 5.91 Å². The predicted octanol–water partition coefficient (Wildman–Crippen LogP) is 1.63. The second-order valence-electron chi connectivity index (χ2n) is 5.21. The monoisotopic (exact) mass is 261 g/mol. The maximum absolute atomic E-state index is 12.1. The van der Waals surface area contributed by atoms with E-state index in [1.807, 2.05) is 0 Å². The summed E-state index contributed by atoms with van der Waals surface area (Å²) in [7, 11) is 0. The molecule has 2 fully saturated rings. The molecule has 1 aromatic rings. The Hall–Kier alpha value is -1.95. The third-order valence-electron chi connectivity index (χ3n) is 3.92. The van der Waals surface area contributed by atoms with Crippen LogP contribution in [0.25, 0.3) is 0 Å². The lowest BCUT2D eigenvalue weighted by Gasteiger charge is -2.23. The molecule has 0 aromatic heterocycles. The first-order valence-electron chi connectivity index (χ1n) is 6.44. The van der Waals surface area contributed by atoms with E-state index in [0.29, 0.717) is 5.56 Å². The Labute approximate surface area is 110 Å². The van der Waals surface area contributed by atoms with Crippen LogP contribution in [-0.4, -0.2) is 16.5 Å². The van der Waals surface area contributed by atoms with Gasteiger partial charge in [0.25, 0.3) is 5.69 Å². The van der Waals surface area contributed by atoms with Gasteiger partial charge in [-0.15, -0.1) is 0 Å². The number of nitrogens with zero attached hydrogens (tertiary/aromatic N) is 1. The van der Waals surface area contributed by atoms with Crippen LogP contribution in [0.4, 0.5) is 5.69 Å². The van der Waals surface area contributed by atoms with Gasteiger partial charge in [0.05, 0.1) is 10.6 Å². The minimum absolute atomic E-state index is 0.0134. The second kappa shape index (κ2) is 4.31. The van der Waals surface area contributed by atoms with E-state index >= 15 is 0 Å². The molecule has 1 atom stereocenters. The highest BCUT2D eigenvalue weighted by molar-refractivity contribution is 5.86. The summed E-state index contributed by atoms with van der Waals surface area (Å²) in [5.74, 6) is -0.0950. The van der Waals surface area contributed by atoms with E-state index < -0.39 is 11.0 Å². The van der Waals surface area contributed by atoms with E-state index in [9.17, 15) is 14.9 Å². The van der Waals surface area contributed by atoms with Crippen molar-refractivity contribution in [2.24, 2.45) is 0 Å². The van der Waals surface area contributed by atoms with Crippen LogP contribution < -0.4 is 10.6 Å². The van der Waals surface area contributed by atoms with E-state index in [1.54, 1.807) is 12.1 Å². The third-order valence-corrected chi connectivity index (χ3v) is 3.92. The van der Waals surface area contributed by atoms with Crippen molar-refractivity contribution in [2.45, 2.75) is 37.4 Å². The number of carbonyl (C=O) groups is 1. The quantitative estimate of drug-likeness (QED) is 0.626. The molecule has 100 valence electrons. The Balaban J connectivity index is 1.88. The van der Waals surface area contributed by atoms with Crippen molar-refractivity contribution >= 4 is 11.6 Å². The number of amides is 1. The summed E-state index contributed by atoms with van der Waals surface area (Å²) in [6.07, 6.45) is 4.03. The fourth-order valence-electron chi connectivity index (χ4n) is 2.99. The molecule has 3 rings (SSSR count). The topological polar surface area (TPSA) is 84.3 Å². The minimum Gasteiger partial charge on any atom is -0.336 e. The molecule has 1 saturated carbocycles. The standard InChI is InChI=1S/C13H15N3O3/c17-12-11(14-13(15-12)6-1-2-7-13)9-4-3-5-10(8-9)16(18)19/h3-5,8,11,14H,1-2,6-7H2,(H,15,17). The smallest absolute Gasteiger partial charge is 0.269 e. The van der Waals surface area contributed by atoms with Gasteiger partial charge in [-0.25, -0.2) is 0 Å². The fraction of sp³-hybridized carbons (Fsp3) is 0.462. The zero-order valence-corrected chi connectivity index (χ0v) is 10.4. The SMILES string of the molecule is O=C1NC2(CCCC2)NC1c1cccc([N+](=O)[O-])c1. The summed E-state index contributed by atoms with van der Waals surface area (Å²) in [4.78, 5) is 22.4. The lowest BCUT2D eigenvalue weighted by molar-refractivity contribution is -0.384. The number of benzene rings is 1. The Morgan fingerprint density at radius 1 is 1.32 bits per heavy atom. The zero-order valence-electron chi connectivity index (χ0n) is 10.4. The van der Waals surface area contributed by atoms with Crippen LogP contribution in [0.5, 0.6) is 0 Å². The molecule has 6 nitrogen and oxygen atoms in total. The number of non-ortho nitro benzene ring substituents is 1. The van der Waals surface area contributed by atoms with Crippen LogP contribution in [0.15, 0.2) is 24.3 Å². The van der Waals surface area contributed by atoms with Crippen LogP contribution >= 0.6 is 0 Å². The van der Waals surface area contributed by atoms with Crippen molar-refractivity contribution in [1.82, 2.24) is 10.6 Å². The molecule has 1 spiro atoms. The van der Waals surface area contributed by atoms with Crippen molar-refractivity contribution in [3.63, 3.8) is 0 Å². The van der Waals surface area contributed by atoms with Gasteiger partial charge in [-0.05, 0) is 31.2 Å². The summed E-state index contributed by atoms with van der Waals surface area (Å²) in [5, 5.41) is 17.1. The maximum atomic E-state index is 12.1. The van der Waals surface area contributed by atoms with Crippen LogP contribution in [-0.2, 0) is 4.79 Å². The van der Waals surface area contributed by atoms with Gasteiger partial charge in [-0.2, -0.15) is 0 Å². The highest BCUT2D eigenvalue weighted by atomic mass is 16.6. The highest BCUT2D eigenvalue weighted by Crippen LogP contribution is 2.35. The Morgan fingerprint density at radius 2 is 2.05 bits per heavy atom. The summed E-state index contributed by atoms with van der Waals surface area (Å²) >= 11 is 0. The Morgan fingerprint density at radius 3 is 2.74 bits per heavy atom. The average molecular weight is 261 g/mol. The summed E-state index contributed by atoms with van der Waals surface area (Å²) in [5.41, 5.74) is 0.363. The number of nitro benzene ring substituents is 1. The van der Waals surface area contributed by atoms with Crippen LogP contribution in [0.2, 0.25) is 0 Å². The summed E-state index contributed by atoms with van der Waals surface area (Å²) in [6.45, 7) is 0. The lowest BCUT2D eigenvalue weighted by atomic mass is 10.1. The summed E-state index contributed by atoms with van der Waals surface area (Å²) in [6, 6.07) is 5.77. The molecule has 2 aliphatic rings. The molecule has 0 bridgehead atoms. The number of nitrogens with one attached hydrogen (secondary N) is 2. The molecular weight excluding hydrogens is 246 g/mol. The van der Waals surface area contributed by atoms with Gasteiger partial charge in [0.15, 0.2) is 0 Å². The molecule has 2 N–H and O–H groups in total. The maximum Gasteiger partial charge on any atom is 0.269 e. The minimum atomic E-state index is -0.488. The van der Waals surface area contributed by atoms with Gasteiger partial charge < -0.3 is 5.32 Å². The van der Waals surface area contributed by atoms with Gasteiger partial charge in [0, 0.05) is 12.1 Å². The molecule has 6 heteroatoms. The highest BCUT2D eigenvalue weighted by Gasteiger charge is 2.45. The van der Waals surface area contributed by atoms with E-state index in [0.717, 1.165) is 25.7 Å².